The summed E-state index contributed by atoms with van der Waals surface area (Å²) in [6, 6.07) is 5.10. The van der Waals surface area contributed by atoms with E-state index in [2.05, 4.69) is 0 Å². The van der Waals surface area contributed by atoms with E-state index in [-0.39, 0.29) is 5.78 Å². The third-order valence-corrected chi connectivity index (χ3v) is 1.90. The van der Waals surface area contributed by atoms with Crippen molar-refractivity contribution in [2.45, 2.75) is 13.8 Å². The van der Waals surface area contributed by atoms with Gasteiger partial charge in [-0.2, -0.15) is 0 Å². The summed E-state index contributed by atoms with van der Waals surface area (Å²) < 4.78 is 10.4. The quantitative estimate of drug-likeness (QED) is 0.561. The Hall–Kier alpha value is -1.77. The number of ketones is 1. The van der Waals surface area contributed by atoms with Crippen molar-refractivity contribution in [2.75, 3.05) is 7.11 Å². The molecule has 0 fully saturated rings. The largest absolute Gasteiger partial charge is 0.493 e. The molecule has 0 spiro atoms. The van der Waals surface area contributed by atoms with Crippen LogP contribution in [0, 0.1) is 0 Å². The molecule has 1 aromatic rings. The summed E-state index contributed by atoms with van der Waals surface area (Å²) in [6.07, 6.45) is 3.34. The predicted molar refractivity (Wildman–Crippen MR) is 58.4 cm³/mol. The highest BCUT2D eigenvalue weighted by molar-refractivity contribution is 5.94. The van der Waals surface area contributed by atoms with Crippen molar-refractivity contribution in [3.63, 3.8) is 0 Å². The molecule has 15 heavy (non-hydrogen) atoms. The summed E-state index contributed by atoms with van der Waals surface area (Å²) in [5.41, 5.74) is 0.611. The first-order valence-electron chi connectivity index (χ1n) is 4.66. The molecule has 3 nitrogen and oxygen atoms in total. The Labute approximate surface area is 89.3 Å². The van der Waals surface area contributed by atoms with Gasteiger partial charge in [0.2, 0.25) is 0 Å². The number of carbonyl (C=O) groups excluding carboxylic acids is 1. The van der Waals surface area contributed by atoms with Crippen LogP contribution in [0.2, 0.25) is 0 Å². The van der Waals surface area contributed by atoms with Crippen LogP contribution < -0.4 is 9.47 Å². The fraction of sp³-hybridized carbons (Fsp3) is 0.250. The minimum Gasteiger partial charge on any atom is -0.493 e. The van der Waals surface area contributed by atoms with Crippen LogP contribution in [0.3, 0.4) is 0 Å². The van der Waals surface area contributed by atoms with E-state index in [0.29, 0.717) is 17.1 Å². The first-order valence-corrected chi connectivity index (χ1v) is 4.66. The predicted octanol–water partition coefficient (Wildman–Crippen LogP) is 2.81. The number of carbonyl (C=O) groups is 1. The molecule has 0 saturated heterocycles. The standard InChI is InChI=1S/C12H14O3/c1-4-7-15-11-6-5-10(9(2)13)8-12(11)14-3/h4-8H,1-3H3. The van der Waals surface area contributed by atoms with Crippen LogP contribution >= 0.6 is 0 Å². The van der Waals surface area contributed by atoms with Gasteiger partial charge < -0.3 is 9.47 Å². The maximum Gasteiger partial charge on any atom is 0.168 e. The second-order valence-electron chi connectivity index (χ2n) is 3.01. The van der Waals surface area contributed by atoms with Crippen LogP contribution in [0.15, 0.2) is 30.5 Å². The smallest absolute Gasteiger partial charge is 0.168 e. The minimum absolute atomic E-state index is 0.00545. The highest BCUT2D eigenvalue weighted by Gasteiger charge is 2.07. The molecule has 0 amide bonds. The average Bonchev–Trinajstić information content (AvgIpc) is 2.25. The van der Waals surface area contributed by atoms with Gasteiger partial charge >= 0.3 is 0 Å². The molecule has 1 rings (SSSR count). The van der Waals surface area contributed by atoms with Crippen LogP contribution in [-0.2, 0) is 0 Å². The zero-order valence-electron chi connectivity index (χ0n) is 9.11. The van der Waals surface area contributed by atoms with Gasteiger partial charge in [-0.1, -0.05) is 6.08 Å². The Bertz CT molecular complexity index is 380. The molecule has 0 aliphatic rings. The van der Waals surface area contributed by atoms with Gasteiger partial charge in [0.25, 0.3) is 0 Å². The van der Waals surface area contributed by atoms with Crippen molar-refractivity contribution >= 4 is 5.78 Å². The molecule has 0 bridgehead atoms. The molecule has 0 aliphatic heterocycles. The molecule has 0 aliphatic carbocycles. The summed E-state index contributed by atoms with van der Waals surface area (Å²) in [5, 5.41) is 0. The van der Waals surface area contributed by atoms with Gasteiger partial charge in [0, 0.05) is 5.56 Å². The third-order valence-electron chi connectivity index (χ3n) is 1.90. The Morgan fingerprint density at radius 3 is 2.60 bits per heavy atom. The second kappa shape index (κ2) is 5.20. The van der Waals surface area contributed by atoms with Gasteiger partial charge in [-0.3, -0.25) is 4.79 Å². The van der Waals surface area contributed by atoms with Gasteiger partial charge in [0.05, 0.1) is 13.4 Å². The van der Waals surface area contributed by atoms with E-state index in [9.17, 15) is 4.79 Å². The number of benzene rings is 1. The monoisotopic (exact) mass is 206 g/mol. The van der Waals surface area contributed by atoms with E-state index >= 15 is 0 Å². The van der Waals surface area contributed by atoms with E-state index in [0.717, 1.165) is 0 Å². The van der Waals surface area contributed by atoms with Crippen LogP contribution in [0.1, 0.15) is 24.2 Å². The van der Waals surface area contributed by atoms with Crippen LogP contribution in [-0.4, -0.2) is 12.9 Å². The summed E-state index contributed by atoms with van der Waals surface area (Å²) in [6.45, 7) is 3.37. The van der Waals surface area contributed by atoms with Crippen molar-refractivity contribution in [1.82, 2.24) is 0 Å². The normalized spacial score (nSPS) is 10.3. The molecule has 0 radical (unpaired) electrons. The molecule has 0 saturated carbocycles. The molecule has 1 aromatic carbocycles. The lowest BCUT2D eigenvalue weighted by atomic mass is 10.1. The van der Waals surface area contributed by atoms with E-state index < -0.39 is 0 Å². The summed E-state index contributed by atoms with van der Waals surface area (Å²) >= 11 is 0. The molecule has 0 heterocycles. The Balaban J connectivity index is 3.03. The maximum absolute atomic E-state index is 11.1. The van der Waals surface area contributed by atoms with E-state index in [1.54, 1.807) is 37.6 Å². The number of allylic oxidation sites excluding steroid dienone is 1. The molecule has 0 N–H and O–H groups in total. The lowest BCUT2D eigenvalue weighted by Crippen LogP contribution is -1.95. The molecular formula is C12H14O3. The van der Waals surface area contributed by atoms with Crippen molar-refractivity contribution < 1.29 is 14.3 Å². The van der Waals surface area contributed by atoms with Gasteiger partial charge in [-0.25, -0.2) is 0 Å². The van der Waals surface area contributed by atoms with Crippen LogP contribution in [0.5, 0.6) is 11.5 Å². The number of Topliss-reactive ketones (excluding diaryl/α,β-unsaturated/α-hetero) is 1. The highest BCUT2D eigenvalue weighted by Crippen LogP contribution is 2.28. The Morgan fingerprint density at radius 2 is 2.07 bits per heavy atom. The lowest BCUT2D eigenvalue weighted by molar-refractivity contribution is 0.101. The van der Waals surface area contributed by atoms with E-state index in [1.165, 1.54) is 6.92 Å². The number of methoxy groups -OCH3 is 1. The number of hydrogen-bond donors (Lipinski definition) is 0. The fourth-order valence-corrected chi connectivity index (χ4v) is 1.13. The molecular weight excluding hydrogens is 192 g/mol. The summed E-state index contributed by atoms with van der Waals surface area (Å²) in [7, 11) is 1.54. The topological polar surface area (TPSA) is 35.5 Å². The van der Waals surface area contributed by atoms with Crippen LogP contribution in [0.4, 0.5) is 0 Å². The molecule has 0 atom stereocenters. The highest BCUT2D eigenvalue weighted by atomic mass is 16.5. The van der Waals surface area contributed by atoms with Gasteiger partial charge in [0.1, 0.15) is 0 Å². The molecule has 80 valence electrons. The number of rotatable bonds is 4. The molecule has 0 unspecified atom stereocenters. The zero-order chi connectivity index (χ0) is 11.3. The molecule has 0 aromatic heterocycles. The number of hydrogen-bond acceptors (Lipinski definition) is 3. The van der Waals surface area contributed by atoms with Crippen molar-refractivity contribution in [1.29, 1.82) is 0 Å². The maximum atomic E-state index is 11.1. The summed E-state index contributed by atoms with van der Waals surface area (Å²) in [4.78, 5) is 11.1. The first-order chi connectivity index (χ1) is 7.19. The summed E-state index contributed by atoms with van der Waals surface area (Å²) in [5.74, 6) is 1.16. The first kappa shape index (κ1) is 11.3. The van der Waals surface area contributed by atoms with Gasteiger partial charge in [-0.05, 0) is 32.0 Å². The van der Waals surface area contributed by atoms with E-state index in [4.69, 9.17) is 9.47 Å². The number of ether oxygens (including phenoxy) is 2. The van der Waals surface area contributed by atoms with Crippen molar-refractivity contribution in [2.24, 2.45) is 0 Å². The fourth-order valence-electron chi connectivity index (χ4n) is 1.13. The van der Waals surface area contributed by atoms with Crippen molar-refractivity contribution in [3.05, 3.63) is 36.1 Å². The van der Waals surface area contributed by atoms with Crippen molar-refractivity contribution in [3.8, 4) is 11.5 Å². The van der Waals surface area contributed by atoms with Gasteiger partial charge in [0.15, 0.2) is 17.3 Å². The van der Waals surface area contributed by atoms with Crippen LogP contribution in [0.25, 0.3) is 0 Å². The third kappa shape index (κ3) is 2.84. The van der Waals surface area contributed by atoms with Gasteiger partial charge in [-0.15, -0.1) is 0 Å². The second-order valence-corrected chi connectivity index (χ2v) is 3.01. The minimum atomic E-state index is 0.00545. The zero-order valence-corrected chi connectivity index (χ0v) is 9.11. The molecule has 3 heteroatoms. The average molecular weight is 206 g/mol. The van der Waals surface area contributed by atoms with E-state index in [1.807, 2.05) is 6.92 Å². The lowest BCUT2D eigenvalue weighted by Gasteiger charge is -2.08. The Morgan fingerprint density at radius 1 is 1.33 bits per heavy atom. The Kier molecular flexibility index (Phi) is 3.92. The SMILES string of the molecule is CC=COc1ccc(C(C)=O)cc1OC.